The fourth-order valence-electron chi connectivity index (χ4n) is 3.95. The molecule has 2 unspecified atom stereocenters. The van der Waals surface area contributed by atoms with Crippen LogP contribution in [0.5, 0.6) is 28.7 Å². The summed E-state index contributed by atoms with van der Waals surface area (Å²) in [6.07, 6.45) is 0. The van der Waals surface area contributed by atoms with Gasteiger partial charge in [0.05, 0.1) is 46.1 Å². The minimum absolute atomic E-state index is 0.0296. The predicted molar refractivity (Wildman–Crippen MR) is 136 cm³/mol. The fraction of sp³-hybridized carbons (Fsp3) is 0.500. The van der Waals surface area contributed by atoms with Crippen LogP contribution >= 0.6 is 0 Å². The van der Waals surface area contributed by atoms with Crippen molar-refractivity contribution >= 4 is 19.9 Å². The Balaban J connectivity index is 2.05. The van der Waals surface area contributed by atoms with Crippen LogP contribution in [0.1, 0.15) is 39.3 Å². The van der Waals surface area contributed by atoms with Crippen molar-refractivity contribution in [2.75, 3.05) is 33.3 Å². The molecule has 0 N–H and O–H groups in total. The summed E-state index contributed by atoms with van der Waals surface area (Å²) in [5.74, 6) is 2.73. The molecule has 0 aliphatic carbocycles. The molecule has 1 fully saturated rings. The Hall–Kier alpha value is -2.87. The Labute approximate surface area is 204 Å². The van der Waals surface area contributed by atoms with E-state index in [0.29, 0.717) is 34.4 Å². The van der Waals surface area contributed by atoms with Gasteiger partial charge in [-0.1, -0.05) is 33.8 Å². The third-order valence-electron chi connectivity index (χ3n) is 7.01. The number of carbonyl (C=O) groups excluding carboxylic acids is 1. The van der Waals surface area contributed by atoms with Gasteiger partial charge in [0, 0.05) is 12.1 Å². The van der Waals surface area contributed by atoms with Crippen LogP contribution in [0.15, 0.2) is 30.3 Å². The summed E-state index contributed by atoms with van der Waals surface area (Å²) in [7, 11) is 4.23. The number of benzene rings is 2. The molecule has 0 spiro atoms. The number of nitrogens with zero attached hydrogens (tertiary/aromatic N) is 1. The second kappa shape index (κ2) is 9.41. The molecule has 7 nitrogen and oxygen atoms in total. The lowest BCUT2D eigenvalue weighted by atomic mass is 9.83. The van der Waals surface area contributed by atoms with Gasteiger partial charge in [-0.05, 0) is 35.8 Å². The Kier molecular flexibility index (Phi) is 7.12. The fourth-order valence-corrected chi connectivity index (χ4v) is 4.97. The second-order valence-electron chi connectivity index (χ2n) is 10.1. The van der Waals surface area contributed by atoms with E-state index in [1.807, 2.05) is 25.1 Å². The van der Waals surface area contributed by atoms with Gasteiger partial charge in [-0.2, -0.15) is 0 Å². The molecular formula is C26H37NO6Si. The van der Waals surface area contributed by atoms with Crippen LogP contribution in [0.3, 0.4) is 0 Å². The van der Waals surface area contributed by atoms with Gasteiger partial charge >= 0.3 is 0 Å². The van der Waals surface area contributed by atoms with Crippen molar-refractivity contribution in [1.29, 1.82) is 0 Å². The first-order chi connectivity index (χ1) is 15.9. The molecule has 1 amide bonds. The summed E-state index contributed by atoms with van der Waals surface area (Å²) < 4.78 is 28.7. The van der Waals surface area contributed by atoms with Crippen molar-refractivity contribution in [3.63, 3.8) is 0 Å². The number of amides is 1. The maximum atomic E-state index is 13.0. The maximum absolute atomic E-state index is 13.0. The Morgan fingerprint density at radius 2 is 1.38 bits per heavy atom. The van der Waals surface area contributed by atoms with Crippen LogP contribution in [-0.2, 0) is 4.79 Å². The first kappa shape index (κ1) is 25.7. The molecule has 0 bridgehead atoms. The number of rotatable bonds is 8. The number of β-lactam (4-membered cyclic amide) rings is 1. The molecule has 2 aromatic rings. The Morgan fingerprint density at radius 3 is 1.85 bits per heavy atom. The summed E-state index contributed by atoms with van der Waals surface area (Å²) in [5.41, 5.74) is 1.67. The zero-order chi connectivity index (χ0) is 25.4. The molecule has 1 heterocycles. The van der Waals surface area contributed by atoms with E-state index in [2.05, 4.69) is 33.9 Å². The Bertz CT molecular complexity index is 1040. The van der Waals surface area contributed by atoms with Crippen LogP contribution in [0, 0.1) is 5.92 Å². The standard InChI is InChI=1S/C26H37NO6Si/c1-16-23(17-11-12-19(29-5)20(13-17)33-34(9,10)26(2,3)4)27(25(16)28)18-14-21(30-6)24(32-8)22(15-18)31-7/h11-16,23H,1-10H3. The summed E-state index contributed by atoms with van der Waals surface area (Å²) in [6.45, 7) is 13.0. The highest BCUT2D eigenvalue weighted by atomic mass is 28.4. The molecule has 186 valence electrons. The number of ether oxygens (including phenoxy) is 4. The van der Waals surface area contributed by atoms with Crippen LogP contribution in [0.4, 0.5) is 5.69 Å². The van der Waals surface area contributed by atoms with Crippen molar-refractivity contribution < 1.29 is 28.2 Å². The quantitative estimate of drug-likeness (QED) is 0.345. The summed E-state index contributed by atoms with van der Waals surface area (Å²) >= 11 is 0. The van der Waals surface area contributed by atoms with Gasteiger partial charge in [0.15, 0.2) is 17.2 Å². The van der Waals surface area contributed by atoms with E-state index in [1.54, 1.807) is 45.5 Å². The zero-order valence-electron chi connectivity index (χ0n) is 21.9. The largest absolute Gasteiger partial charge is 0.541 e. The number of hydrogen-bond acceptors (Lipinski definition) is 6. The molecule has 0 aromatic heterocycles. The topological polar surface area (TPSA) is 66.5 Å². The van der Waals surface area contributed by atoms with Crippen LogP contribution in [0.2, 0.25) is 18.1 Å². The van der Waals surface area contributed by atoms with Crippen LogP contribution in [-0.4, -0.2) is 42.7 Å². The average molecular weight is 488 g/mol. The molecule has 1 saturated heterocycles. The smallest absolute Gasteiger partial charge is 0.250 e. The third-order valence-corrected chi connectivity index (χ3v) is 11.3. The normalized spacial score (nSPS) is 18.3. The maximum Gasteiger partial charge on any atom is 0.250 e. The summed E-state index contributed by atoms with van der Waals surface area (Å²) in [5, 5.41) is 0.0377. The van der Waals surface area contributed by atoms with Gasteiger partial charge < -0.3 is 28.3 Å². The molecule has 1 aliphatic heterocycles. The van der Waals surface area contributed by atoms with E-state index in [1.165, 1.54) is 0 Å². The van der Waals surface area contributed by atoms with Crippen molar-refractivity contribution in [1.82, 2.24) is 0 Å². The van der Waals surface area contributed by atoms with Gasteiger partial charge in [0.1, 0.15) is 5.75 Å². The number of methoxy groups -OCH3 is 4. The number of carbonyl (C=O) groups is 1. The molecule has 0 radical (unpaired) electrons. The van der Waals surface area contributed by atoms with Crippen LogP contribution in [0.25, 0.3) is 0 Å². The van der Waals surface area contributed by atoms with Crippen molar-refractivity contribution in [3.05, 3.63) is 35.9 Å². The third kappa shape index (κ3) is 4.43. The zero-order valence-corrected chi connectivity index (χ0v) is 22.9. The minimum Gasteiger partial charge on any atom is -0.541 e. The van der Waals surface area contributed by atoms with Crippen molar-refractivity contribution in [2.24, 2.45) is 5.92 Å². The summed E-state index contributed by atoms with van der Waals surface area (Å²) in [4.78, 5) is 14.8. The van der Waals surface area contributed by atoms with Crippen LogP contribution < -0.4 is 28.3 Å². The lowest BCUT2D eigenvalue weighted by Crippen LogP contribution is -2.54. The minimum atomic E-state index is -2.10. The molecule has 8 heteroatoms. The van der Waals surface area contributed by atoms with E-state index in [-0.39, 0.29) is 22.9 Å². The Morgan fingerprint density at radius 1 is 0.824 bits per heavy atom. The predicted octanol–water partition coefficient (Wildman–Crippen LogP) is 5.83. The highest BCUT2D eigenvalue weighted by Gasteiger charge is 2.47. The molecular weight excluding hydrogens is 450 g/mol. The van der Waals surface area contributed by atoms with Crippen molar-refractivity contribution in [3.8, 4) is 28.7 Å². The van der Waals surface area contributed by atoms with E-state index >= 15 is 0 Å². The number of anilines is 1. The van der Waals surface area contributed by atoms with Gasteiger partial charge in [-0.15, -0.1) is 0 Å². The number of hydrogen-bond donors (Lipinski definition) is 0. The van der Waals surface area contributed by atoms with Gasteiger partial charge in [0.25, 0.3) is 8.32 Å². The van der Waals surface area contributed by atoms with Gasteiger partial charge in [-0.25, -0.2) is 0 Å². The molecule has 2 aromatic carbocycles. The highest BCUT2D eigenvalue weighted by molar-refractivity contribution is 6.74. The van der Waals surface area contributed by atoms with Gasteiger partial charge in [0.2, 0.25) is 11.7 Å². The highest BCUT2D eigenvalue weighted by Crippen LogP contribution is 2.49. The average Bonchev–Trinajstić information content (AvgIpc) is 2.79. The van der Waals surface area contributed by atoms with E-state index in [0.717, 1.165) is 5.56 Å². The second-order valence-corrected chi connectivity index (χ2v) is 14.8. The first-order valence-corrected chi connectivity index (χ1v) is 14.3. The lowest BCUT2D eigenvalue weighted by molar-refractivity contribution is -0.129. The molecule has 2 atom stereocenters. The van der Waals surface area contributed by atoms with E-state index in [9.17, 15) is 4.79 Å². The van der Waals surface area contributed by atoms with Gasteiger partial charge in [-0.3, -0.25) is 4.79 Å². The van der Waals surface area contributed by atoms with E-state index < -0.39 is 8.32 Å². The van der Waals surface area contributed by atoms with E-state index in [4.69, 9.17) is 23.4 Å². The lowest BCUT2D eigenvalue weighted by Gasteiger charge is -2.46. The molecule has 1 aliphatic rings. The monoisotopic (exact) mass is 487 g/mol. The molecule has 34 heavy (non-hydrogen) atoms. The summed E-state index contributed by atoms with van der Waals surface area (Å²) in [6, 6.07) is 9.36. The molecule has 3 rings (SSSR count). The SMILES string of the molecule is COc1ccc(C2C(C)C(=O)N2c2cc(OC)c(OC)c(OC)c2)cc1O[Si](C)(C)C(C)(C)C. The van der Waals surface area contributed by atoms with Crippen molar-refractivity contribution in [2.45, 2.75) is 51.9 Å². The molecule has 0 saturated carbocycles. The first-order valence-electron chi connectivity index (χ1n) is 11.4.